The largest absolute Gasteiger partial charge is 0.497 e. The third-order valence-electron chi connectivity index (χ3n) is 6.48. The smallest absolute Gasteiger partial charge is 0.327 e. The van der Waals surface area contributed by atoms with Gasteiger partial charge in [-0.25, -0.2) is 4.79 Å². The molecule has 2 fully saturated rings. The maximum absolute atomic E-state index is 13.7. The number of imide groups is 1. The summed E-state index contributed by atoms with van der Waals surface area (Å²) in [5.74, 6) is 0.990. The van der Waals surface area contributed by atoms with Crippen molar-refractivity contribution in [3.05, 3.63) is 59.9 Å². The molecular weight excluding hydrogens is 404 g/mol. The Morgan fingerprint density at radius 2 is 1.75 bits per heavy atom. The summed E-state index contributed by atoms with van der Waals surface area (Å²) in [6.07, 6.45) is 4.97. The first kappa shape index (κ1) is 22.3. The van der Waals surface area contributed by atoms with Crippen LogP contribution in [0.2, 0.25) is 0 Å². The van der Waals surface area contributed by atoms with Crippen molar-refractivity contribution < 1.29 is 14.3 Å². The van der Waals surface area contributed by atoms with E-state index in [4.69, 9.17) is 4.74 Å². The molecule has 32 heavy (non-hydrogen) atoms. The zero-order valence-corrected chi connectivity index (χ0v) is 19.2. The van der Waals surface area contributed by atoms with Crippen molar-refractivity contribution in [3.8, 4) is 5.75 Å². The van der Waals surface area contributed by atoms with Crippen molar-refractivity contribution in [1.82, 2.24) is 19.7 Å². The molecule has 1 aromatic carbocycles. The van der Waals surface area contributed by atoms with Crippen LogP contribution in [0, 0.1) is 5.92 Å². The number of urea groups is 1. The lowest BCUT2D eigenvalue weighted by Crippen LogP contribution is -2.57. The number of benzene rings is 1. The Labute approximate surface area is 190 Å². The van der Waals surface area contributed by atoms with Crippen LogP contribution in [-0.2, 0) is 17.9 Å². The Bertz CT molecular complexity index is 937. The van der Waals surface area contributed by atoms with Gasteiger partial charge in [-0.05, 0) is 48.1 Å². The molecule has 2 aliphatic rings. The van der Waals surface area contributed by atoms with E-state index in [2.05, 4.69) is 29.8 Å². The van der Waals surface area contributed by atoms with E-state index in [1.54, 1.807) is 13.3 Å². The van der Waals surface area contributed by atoms with Crippen LogP contribution in [0.25, 0.3) is 0 Å². The summed E-state index contributed by atoms with van der Waals surface area (Å²) in [6.45, 7) is 7.43. The Kier molecular flexibility index (Phi) is 6.46. The molecule has 0 radical (unpaired) electrons. The van der Waals surface area contributed by atoms with Crippen molar-refractivity contribution in [2.45, 2.75) is 45.3 Å². The van der Waals surface area contributed by atoms with Gasteiger partial charge >= 0.3 is 6.03 Å². The average Bonchev–Trinajstić information content (AvgIpc) is 2.98. The molecule has 1 aromatic heterocycles. The highest BCUT2D eigenvalue weighted by molar-refractivity contribution is 6.07. The molecular formula is C25H32N4O3. The van der Waals surface area contributed by atoms with Gasteiger partial charge in [-0.1, -0.05) is 32.0 Å². The summed E-state index contributed by atoms with van der Waals surface area (Å²) >= 11 is 0. The Morgan fingerprint density at radius 3 is 2.34 bits per heavy atom. The van der Waals surface area contributed by atoms with Crippen molar-refractivity contribution in [2.75, 3.05) is 26.7 Å². The van der Waals surface area contributed by atoms with E-state index in [1.807, 2.05) is 41.4 Å². The Balaban J connectivity index is 1.51. The van der Waals surface area contributed by atoms with Crippen molar-refractivity contribution in [2.24, 2.45) is 5.92 Å². The number of nitrogens with zero attached hydrogens (tertiary/aromatic N) is 4. The van der Waals surface area contributed by atoms with Gasteiger partial charge in [0.25, 0.3) is 5.91 Å². The van der Waals surface area contributed by atoms with E-state index in [-0.39, 0.29) is 24.4 Å². The third kappa shape index (κ3) is 4.35. The number of hydrogen-bond donors (Lipinski definition) is 0. The Hall–Kier alpha value is -2.93. The van der Waals surface area contributed by atoms with E-state index < -0.39 is 5.54 Å². The van der Waals surface area contributed by atoms with Crippen molar-refractivity contribution >= 4 is 11.9 Å². The fourth-order valence-electron chi connectivity index (χ4n) is 4.77. The molecule has 0 bridgehead atoms. The van der Waals surface area contributed by atoms with Gasteiger partial charge in [0, 0.05) is 38.6 Å². The number of aromatic nitrogens is 1. The van der Waals surface area contributed by atoms with E-state index in [9.17, 15) is 9.59 Å². The zero-order valence-electron chi connectivity index (χ0n) is 19.2. The molecule has 7 nitrogen and oxygen atoms in total. The number of hydrogen-bond acceptors (Lipinski definition) is 5. The van der Waals surface area contributed by atoms with Gasteiger partial charge in [-0.2, -0.15) is 0 Å². The molecule has 2 aliphatic heterocycles. The van der Waals surface area contributed by atoms with Crippen LogP contribution >= 0.6 is 0 Å². The summed E-state index contributed by atoms with van der Waals surface area (Å²) in [4.78, 5) is 36.9. The highest BCUT2D eigenvalue weighted by Crippen LogP contribution is 2.39. The lowest BCUT2D eigenvalue weighted by Gasteiger charge is -2.42. The highest BCUT2D eigenvalue weighted by Gasteiger charge is 2.57. The first-order valence-corrected chi connectivity index (χ1v) is 11.3. The summed E-state index contributed by atoms with van der Waals surface area (Å²) < 4.78 is 5.22. The van der Waals surface area contributed by atoms with E-state index in [0.29, 0.717) is 19.4 Å². The van der Waals surface area contributed by atoms with Crippen LogP contribution in [0.15, 0.2) is 48.8 Å². The number of carbonyl (C=O) groups is 2. The molecule has 2 saturated heterocycles. The van der Waals surface area contributed by atoms with Crippen LogP contribution < -0.4 is 4.74 Å². The molecule has 0 atom stereocenters. The van der Waals surface area contributed by atoms with Gasteiger partial charge in [0.1, 0.15) is 11.3 Å². The normalized spacial score (nSPS) is 18.8. The lowest BCUT2D eigenvalue weighted by molar-refractivity contribution is -0.136. The van der Waals surface area contributed by atoms with Gasteiger partial charge in [0.15, 0.2) is 0 Å². The number of likely N-dealkylation sites (tertiary alicyclic amines) is 1. The van der Waals surface area contributed by atoms with Crippen LogP contribution in [0.1, 0.15) is 37.8 Å². The summed E-state index contributed by atoms with van der Waals surface area (Å²) in [6, 6.07) is 11.4. The van der Waals surface area contributed by atoms with Crippen LogP contribution in [0.4, 0.5) is 4.79 Å². The number of piperidine rings is 1. The maximum Gasteiger partial charge on any atom is 0.327 e. The molecule has 0 aliphatic carbocycles. The second kappa shape index (κ2) is 9.28. The first-order chi connectivity index (χ1) is 15.4. The molecule has 0 N–H and O–H groups in total. The number of pyridine rings is 1. The predicted octanol–water partition coefficient (Wildman–Crippen LogP) is 3.55. The van der Waals surface area contributed by atoms with Gasteiger partial charge in [-0.15, -0.1) is 0 Å². The SMILES string of the molecule is COc1ccc(CN2C(=O)N(CC(C)C)C3(CCN(Cc4cccnc4)CC3)C2=O)cc1. The Morgan fingerprint density at radius 1 is 1.03 bits per heavy atom. The number of ether oxygens (including phenoxy) is 1. The quantitative estimate of drug-likeness (QED) is 0.621. The van der Waals surface area contributed by atoms with Crippen LogP contribution in [-0.4, -0.2) is 63.9 Å². The number of rotatable bonds is 7. The number of methoxy groups -OCH3 is 1. The fraction of sp³-hybridized carbons (Fsp3) is 0.480. The molecule has 1 spiro atoms. The van der Waals surface area contributed by atoms with Gasteiger partial charge in [0.05, 0.1) is 13.7 Å². The number of amides is 3. The standard InChI is InChI=1S/C25H32N4O3/c1-19(2)16-29-24(31)28(18-20-6-8-22(32-3)9-7-20)23(30)25(29)10-13-27(14-11-25)17-21-5-4-12-26-15-21/h4-9,12,15,19H,10-11,13-14,16-18H2,1-3H3. The van der Waals surface area contributed by atoms with Gasteiger partial charge < -0.3 is 9.64 Å². The van der Waals surface area contributed by atoms with E-state index in [1.165, 1.54) is 4.90 Å². The highest BCUT2D eigenvalue weighted by atomic mass is 16.5. The molecule has 3 heterocycles. The molecule has 0 saturated carbocycles. The second-order valence-electron chi connectivity index (χ2n) is 9.20. The van der Waals surface area contributed by atoms with E-state index in [0.717, 1.165) is 36.5 Å². The third-order valence-corrected chi connectivity index (χ3v) is 6.48. The monoisotopic (exact) mass is 436 g/mol. The molecule has 2 aromatic rings. The molecule has 0 unspecified atom stereocenters. The molecule has 3 amide bonds. The number of carbonyl (C=O) groups excluding carboxylic acids is 2. The summed E-state index contributed by atoms with van der Waals surface area (Å²) in [7, 11) is 1.62. The molecule has 7 heteroatoms. The lowest BCUT2D eigenvalue weighted by atomic mass is 9.85. The minimum Gasteiger partial charge on any atom is -0.497 e. The molecule has 4 rings (SSSR count). The summed E-state index contributed by atoms with van der Waals surface area (Å²) in [5, 5.41) is 0. The zero-order chi connectivity index (χ0) is 22.7. The first-order valence-electron chi connectivity index (χ1n) is 11.3. The van der Waals surface area contributed by atoms with Gasteiger partial charge in [-0.3, -0.25) is 19.6 Å². The minimum absolute atomic E-state index is 0.0556. The van der Waals surface area contributed by atoms with Crippen molar-refractivity contribution in [3.63, 3.8) is 0 Å². The summed E-state index contributed by atoms with van der Waals surface area (Å²) in [5.41, 5.74) is 1.35. The topological polar surface area (TPSA) is 66.0 Å². The minimum atomic E-state index is -0.737. The molecule has 170 valence electrons. The van der Waals surface area contributed by atoms with Gasteiger partial charge in [0.2, 0.25) is 0 Å². The second-order valence-corrected chi connectivity index (χ2v) is 9.20. The maximum atomic E-state index is 13.7. The predicted molar refractivity (Wildman–Crippen MR) is 122 cm³/mol. The fourth-order valence-corrected chi connectivity index (χ4v) is 4.77. The average molecular weight is 437 g/mol. The van der Waals surface area contributed by atoms with Crippen LogP contribution in [0.3, 0.4) is 0 Å². The van der Waals surface area contributed by atoms with Crippen molar-refractivity contribution in [1.29, 1.82) is 0 Å². The van der Waals surface area contributed by atoms with Crippen LogP contribution in [0.5, 0.6) is 5.75 Å². The van der Waals surface area contributed by atoms with E-state index >= 15 is 0 Å².